The van der Waals surface area contributed by atoms with Crippen molar-refractivity contribution in [3.05, 3.63) is 28.8 Å². The lowest BCUT2D eigenvalue weighted by atomic mass is 10.0. The van der Waals surface area contributed by atoms with Crippen molar-refractivity contribution in [1.29, 1.82) is 0 Å². The van der Waals surface area contributed by atoms with E-state index in [9.17, 15) is 4.79 Å². The molecule has 0 saturated heterocycles. The average molecular weight is 192 g/mol. The molecule has 0 fully saturated rings. The summed E-state index contributed by atoms with van der Waals surface area (Å²) in [5.74, 6) is -0.0219. The lowest BCUT2D eigenvalue weighted by molar-refractivity contribution is -0.136. The van der Waals surface area contributed by atoms with Crippen molar-refractivity contribution in [1.82, 2.24) is 0 Å². The van der Waals surface area contributed by atoms with Gasteiger partial charge in [0.05, 0.1) is 13.0 Å². The fraction of sp³-hybridized carbons (Fsp3) is 0.364. The summed E-state index contributed by atoms with van der Waals surface area (Å²) in [5, 5.41) is 8.73. The molecule has 0 spiro atoms. The van der Waals surface area contributed by atoms with Crippen LogP contribution in [0.5, 0.6) is 5.75 Å². The van der Waals surface area contributed by atoms with Crippen molar-refractivity contribution < 1.29 is 14.6 Å². The number of fused-ring (bicyclic) bond motifs is 1. The van der Waals surface area contributed by atoms with Crippen molar-refractivity contribution in [2.24, 2.45) is 0 Å². The molecule has 1 N–H and O–H groups in total. The van der Waals surface area contributed by atoms with Crippen LogP contribution in [0.4, 0.5) is 0 Å². The summed E-state index contributed by atoms with van der Waals surface area (Å²) in [6.07, 6.45) is 0.938. The number of hydrogen-bond donors (Lipinski definition) is 1. The molecule has 0 saturated carbocycles. The van der Waals surface area contributed by atoms with Crippen LogP contribution < -0.4 is 4.74 Å². The molecule has 1 aromatic rings. The topological polar surface area (TPSA) is 46.5 Å². The van der Waals surface area contributed by atoms with E-state index in [0.29, 0.717) is 6.61 Å². The van der Waals surface area contributed by atoms with Crippen LogP contribution >= 0.6 is 0 Å². The number of carboxylic acids is 1. The van der Waals surface area contributed by atoms with E-state index in [2.05, 4.69) is 6.07 Å². The Bertz CT molecular complexity index is 382. The largest absolute Gasteiger partial charge is 0.493 e. The van der Waals surface area contributed by atoms with Crippen molar-refractivity contribution in [2.45, 2.75) is 19.8 Å². The van der Waals surface area contributed by atoms with Gasteiger partial charge in [-0.3, -0.25) is 4.79 Å². The first-order valence-corrected chi connectivity index (χ1v) is 4.64. The number of hydrogen-bond acceptors (Lipinski definition) is 2. The van der Waals surface area contributed by atoms with E-state index in [-0.39, 0.29) is 6.42 Å². The molecular weight excluding hydrogens is 180 g/mol. The quantitative estimate of drug-likeness (QED) is 0.773. The molecule has 0 aromatic heterocycles. The first-order valence-electron chi connectivity index (χ1n) is 4.64. The summed E-state index contributed by atoms with van der Waals surface area (Å²) in [6.45, 7) is 2.65. The van der Waals surface area contributed by atoms with Gasteiger partial charge in [-0.1, -0.05) is 17.7 Å². The van der Waals surface area contributed by atoms with Gasteiger partial charge in [0.2, 0.25) is 0 Å². The van der Waals surface area contributed by atoms with Crippen molar-refractivity contribution in [2.75, 3.05) is 6.61 Å². The van der Waals surface area contributed by atoms with Crippen LogP contribution in [0.15, 0.2) is 12.1 Å². The van der Waals surface area contributed by atoms with Crippen LogP contribution in [0.25, 0.3) is 0 Å². The first kappa shape index (κ1) is 9.06. The minimum atomic E-state index is -0.812. The highest BCUT2D eigenvalue weighted by molar-refractivity contribution is 5.72. The second-order valence-corrected chi connectivity index (χ2v) is 3.58. The van der Waals surface area contributed by atoms with Gasteiger partial charge in [-0.2, -0.15) is 0 Å². The van der Waals surface area contributed by atoms with E-state index in [1.165, 1.54) is 0 Å². The Balaban J connectivity index is 2.43. The Kier molecular flexibility index (Phi) is 2.15. The Labute approximate surface area is 82.3 Å². The third-order valence-electron chi connectivity index (χ3n) is 2.35. The molecular formula is C11H12O3. The fourth-order valence-corrected chi connectivity index (χ4v) is 1.86. The Hall–Kier alpha value is -1.51. The predicted octanol–water partition coefficient (Wildman–Crippen LogP) is 1.56. The van der Waals surface area contributed by atoms with E-state index in [4.69, 9.17) is 9.84 Å². The zero-order chi connectivity index (χ0) is 10.1. The normalized spacial score (nSPS) is 13.5. The number of carboxylic acid groups (broad SMARTS) is 1. The Morgan fingerprint density at radius 3 is 3.07 bits per heavy atom. The molecule has 1 aromatic carbocycles. The summed E-state index contributed by atoms with van der Waals surface area (Å²) in [7, 11) is 0. The van der Waals surface area contributed by atoms with Gasteiger partial charge < -0.3 is 9.84 Å². The van der Waals surface area contributed by atoms with E-state index in [0.717, 1.165) is 28.9 Å². The van der Waals surface area contributed by atoms with Crippen molar-refractivity contribution >= 4 is 5.97 Å². The third kappa shape index (κ3) is 1.58. The molecule has 1 heterocycles. The lowest BCUT2D eigenvalue weighted by Gasteiger charge is -2.07. The number of aliphatic carboxylic acids is 1. The van der Waals surface area contributed by atoms with E-state index in [1.54, 1.807) is 0 Å². The Morgan fingerprint density at radius 1 is 1.57 bits per heavy atom. The van der Waals surface area contributed by atoms with Crippen molar-refractivity contribution in [3.8, 4) is 5.75 Å². The molecule has 3 nitrogen and oxygen atoms in total. The van der Waals surface area contributed by atoms with Crippen LogP contribution in [0.2, 0.25) is 0 Å². The fourth-order valence-electron chi connectivity index (χ4n) is 1.86. The lowest BCUT2D eigenvalue weighted by Crippen LogP contribution is -2.02. The number of benzene rings is 1. The van der Waals surface area contributed by atoms with Gasteiger partial charge in [0, 0.05) is 12.0 Å². The molecule has 1 aliphatic rings. The maximum absolute atomic E-state index is 10.6. The third-order valence-corrected chi connectivity index (χ3v) is 2.35. The molecule has 0 amide bonds. The van der Waals surface area contributed by atoms with E-state index < -0.39 is 5.97 Å². The zero-order valence-corrected chi connectivity index (χ0v) is 8.04. The van der Waals surface area contributed by atoms with Crippen LogP contribution in [0.1, 0.15) is 16.7 Å². The molecule has 0 bridgehead atoms. The predicted molar refractivity (Wildman–Crippen MR) is 51.7 cm³/mol. The maximum atomic E-state index is 10.6. The molecule has 14 heavy (non-hydrogen) atoms. The van der Waals surface area contributed by atoms with E-state index in [1.807, 2.05) is 13.0 Å². The molecule has 1 aliphatic heterocycles. The minimum absolute atomic E-state index is 0.0456. The van der Waals surface area contributed by atoms with Crippen molar-refractivity contribution in [3.63, 3.8) is 0 Å². The summed E-state index contributed by atoms with van der Waals surface area (Å²) >= 11 is 0. The summed E-state index contributed by atoms with van der Waals surface area (Å²) in [5.41, 5.74) is 3.04. The van der Waals surface area contributed by atoms with Crippen LogP contribution in [0, 0.1) is 6.92 Å². The van der Waals surface area contributed by atoms with E-state index >= 15 is 0 Å². The molecule has 0 atom stereocenters. The van der Waals surface area contributed by atoms with Crippen LogP contribution in [-0.4, -0.2) is 17.7 Å². The first-order chi connectivity index (χ1) is 6.66. The molecule has 74 valence electrons. The summed E-state index contributed by atoms with van der Waals surface area (Å²) in [6, 6.07) is 3.95. The highest BCUT2D eigenvalue weighted by atomic mass is 16.5. The van der Waals surface area contributed by atoms with Gasteiger partial charge in [0.15, 0.2) is 0 Å². The van der Waals surface area contributed by atoms with Gasteiger partial charge in [0.25, 0.3) is 0 Å². The number of rotatable bonds is 2. The molecule has 0 unspecified atom stereocenters. The molecule has 0 radical (unpaired) electrons. The monoisotopic (exact) mass is 192 g/mol. The zero-order valence-electron chi connectivity index (χ0n) is 8.04. The maximum Gasteiger partial charge on any atom is 0.307 e. The van der Waals surface area contributed by atoms with Gasteiger partial charge in [-0.15, -0.1) is 0 Å². The standard InChI is InChI=1S/C11H12O3/c1-7-4-8-2-3-14-11(8)9(5-7)6-10(12)13/h4-5H,2-3,6H2,1H3,(H,12,13). The summed E-state index contributed by atoms with van der Waals surface area (Å²) < 4.78 is 5.42. The molecule has 0 aliphatic carbocycles. The van der Waals surface area contributed by atoms with Gasteiger partial charge in [-0.05, 0) is 12.5 Å². The second-order valence-electron chi connectivity index (χ2n) is 3.58. The number of aryl methyl sites for hydroxylation is 1. The van der Waals surface area contributed by atoms with Gasteiger partial charge in [0.1, 0.15) is 5.75 Å². The Morgan fingerprint density at radius 2 is 2.36 bits per heavy atom. The highest BCUT2D eigenvalue weighted by Gasteiger charge is 2.18. The van der Waals surface area contributed by atoms with Gasteiger partial charge in [-0.25, -0.2) is 0 Å². The average Bonchev–Trinajstić information content (AvgIpc) is 2.50. The SMILES string of the molecule is Cc1cc2c(c(CC(=O)O)c1)OCC2. The molecule has 3 heteroatoms. The minimum Gasteiger partial charge on any atom is -0.493 e. The highest BCUT2D eigenvalue weighted by Crippen LogP contribution is 2.31. The van der Waals surface area contributed by atoms with Gasteiger partial charge >= 0.3 is 5.97 Å². The van der Waals surface area contributed by atoms with Crippen LogP contribution in [0.3, 0.4) is 0 Å². The smallest absolute Gasteiger partial charge is 0.307 e. The summed E-state index contributed by atoms with van der Waals surface area (Å²) in [4.78, 5) is 10.6. The second kappa shape index (κ2) is 3.33. The van der Waals surface area contributed by atoms with Crippen LogP contribution in [-0.2, 0) is 17.6 Å². The number of ether oxygens (including phenoxy) is 1. The molecule has 2 rings (SSSR count). The number of carbonyl (C=O) groups is 1.